The lowest BCUT2D eigenvalue weighted by Crippen LogP contribution is -2.28. The molecule has 1 aromatic heterocycles. The van der Waals surface area contributed by atoms with E-state index in [-0.39, 0.29) is 12.1 Å². The molecular formula is C23H16ClF2N3O. The van der Waals surface area contributed by atoms with Gasteiger partial charge in [0.05, 0.1) is 17.4 Å². The predicted octanol–water partition coefficient (Wildman–Crippen LogP) is 6.16. The first kappa shape index (κ1) is 19.8. The lowest BCUT2D eigenvalue weighted by molar-refractivity contribution is 0.251. The Kier molecular flexibility index (Phi) is 5.59. The molecule has 1 heterocycles. The van der Waals surface area contributed by atoms with Gasteiger partial charge in [-0.25, -0.2) is 13.6 Å². The molecule has 0 fully saturated rings. The van der Waals surface area contributed by atoms with Crippen molar-refractivity contribution in [3.05, 3.63) is 95.1 Å². The second-order valence-corrected chi connectivity index (χ2v) is 7.05. The Bertz CT molecular complexity index is 1230. The Balaban J connectivity index is 1.64. The van der Waals surface area contributed by atoms with Crippen molar-refractivity contribution in [2.75, 3.05) is 5.32 Å². The van der Waals surface area contributed by atoms with Crippen LogP contribution in [-0.2, 0) is 6.54 Å². The van der Waals surface area contributed by atoms with Crippen molar-refractivity contribution in [1.82, 2.24) is 10.3 Å². The van der Waals surface area contributed by atoms with Gasteiger partial charge in [-0.15, -0.1) is 0 Å². The number of aromatic nitrogens is 1. The molecule has 0 aliphatic heterocycles. The van der Waals surface area contributed by atoms with Crippen LogP contribution in [-0.4, -0.2) is 11.0 Å². The number of carbonyl (C=O) groups is 1. The van der Waals surface area contributed by atoms with Gasteiger partial charge >= 0.3 is 6.03 Å². The third-order valence-electron chi connectivity index (χ3n) is 4.60. The highest BCUT2D eigenvalue weighted by Crippen LogP contribution is 2.35. The molecule has 0 aliphatic carbocycles. The molecule has 2 amide bonds. The number of carbonyl (C=O) groups excluding carboxylic acids is 1. The van der Waals surface area contributed by atoms with E-state index in [1.165, 1.54) is 6.07 Å². The van der Waals surface area contributed by atoms with Gasteiger partial charge in [-0.3, -0.25) is 4.98 Å². The lowest BCUT2D eigenvalue weighted by Gasteiger charge is -2.15. The first-order chi connectivity index (χ1) is 14.5. The van der Waals surface area contributed by atoms with Crippen LogP contribution in [0.5, 0.6) is 0 Å². The molecule has 2 N–H and O–H groups in total. The molecule has 0 saturated carbocycles. The van der Waals surface area contributed by atoms with Crippen molar-refractivity contribution in [2.24, 2.45) is 0 Å². The zero-order chi connectivity index (χ0) is 21.1. The van der Waals surface area contributed by atoms with Gasteiger partial charge in [-0.05, 0) is 29.8 Å². The number of benzene rings is 3. The first-order valence-electron chi connectivity index (χ1n) is 9.14. The highest BCUT2D eigenvalue weighted by atomic mass is 35.5. The van der Waals surface area contributed by atoms with Gasteiger partial charge in [0.1, 0.15) is 11.6 Å². The number of nitrogens with zero attached hydrogens (tertiary/aromatic N) is 1. The number of hydrogen-bond donors (Lipinski definition) is 2. The number of anilines is 1. The molecule has 30 heavy (non-hydrogen) atoms. The van der Waals surface area contributed by atoms with Crippen molar-refractivity contribution in [2.45, 2.75) is 6.54 Å². The maximum atomic E-state index is 13.8. The molecule has 4 rings (SSSR count). The third kappa shape index (κ3) is 4.23. The minimum Gasteiger partial charge on any atom is -0.334 e. The van der Waals surface area contributed by atoms with Crippen LogP contribution in [0.15, 0.2) is 72.9 Å². The van der Waals surface area contributed by atoms with Crippen LogP contribution in [0.2, 0.25) is 5.02 Å². The summed E-state index contributed by atoms with van der Waals surface area (Å²) in [5, 5.41) is 6.69. The summed E-state index contributed by atoms with van der Waals surface area (Å²) >= 11 is 6.19. The number of nitrogens with one attached hydrogen (secondary N) is 2. The molecule has 0 bridgehead atoms. The molecule has 0 atom stereocenters. The maximum absolute atomic E-state index is 13.8. The van der Waals surface area contributed by atoms with Gasteiger partial charge in [0.2, 0.25) is 0 Å². The number of amides is 2. The van der Waals surface area contributed by atoms with E-state index in [0.29, 0.717) is 10.7 Å². The Labute approximate surface area is 176 Å². The van der Waals surface area contributed by atoms with Crippen molar-refractivity contribution in [3.8, 4) is 11.1 Å². The normalized spacial score (nSPS) is 10.8. The van der Waals surface area contributed by atoms with Crippen LogP contribution in [0, 0.1) is 11.6 Å². The molecule has 3 aromatic carbocycles. The Morgan fingerprint density at radius 3 is 2.57 bits per heavy atom. The highest BCUT2D eigenvalue weighted by molar-refractivity contribution is 6.31. The van der Waals surface area contributed by atoms with Gasteiger partial charge in [-0.1, -0.05) is 48.0 Å². The topological polar surface area (TPSA) is 54.0 Å². The summed E-state index contributed by atoms with van der Waals surface area (Å²) in [5.41, 5.74) is 3.04. The summed E-state index contributed by atoms with van der Waals surface area (Å²) in [6.07, 6.45) is 1.57. The Hall–Kier alpha value is -3.51. The lowest BCUT2D eigenvalue weighted by atomic mass is 9.99. The Morgan fingerprint density at radius 2 is 1.80 bits per heavy atom. The van der Waals surface area contributed by atoms with Gasteiger partial charge in [0.25, 0.3) is 0 Å². The first-order valence-corrected chi connectivity index (χ1v) is 9.51. The largest absolute Gasteiger partial charge is 0.334 e. The molecular weight excluding hydrogens is 408 g/mol. The predicted molar refractivity (Wildman–Crippen MR) is 114 cm³/mol. The van der Waals surface area contributed by atoms with E-state index in [2.05, 4.69) is 15.6 Å². The second-order valence-electron chi connectivity index (χ2n) is 6.62. The van der Waals surface area contributed by atoms with Gasteiger partial charge in [0, 0.05) is 34.1 Å². The molecule has 0 aliphatic rings. The van der Waals surface area contributed by atoms with E-state index >= 15 is 0 Å². The number of pyridine rings is 1. The second kappa shape index (κ2) is 8.47. The van der Waals surface area contributed by atoms with Crippen LogP contribution in [0.4, 0.5) is 19.3 Å². The van der Waals surface area contributed by atoms with Crippen molar-refractivity contribution in [3.63, 3.8) is 0 Å². The SMILES string of the molecule is O=C(NCc1ccc(F)cc1F)Nc1cnc2ccc(Cl)cc2c1-c1ccccc1. The molecule has 7 heteroatoms. The molecule has 0 radical (unpaired) electrons. The molecule has 0 unspecified atom stereocenters. The number of fused-ring (bicyclic) bond motifs is 1. The van der Waals surface area contributed by atoms with E-state index in [9.17, 15) is 13.6 Å². The van der Waals surface area contributed by atoms with Crippen LogP contribution < -0.4 is 10.6 Å². The maximum Gasteiger partial charge on any atom is 0.319 e. The summed E-state index contributed by atoms with van der Waals surface area (Å²) in [5.74, 6) is -1.39. The minimum atomic E-state index is -0.720. The van der Waals surface area contributed by atoms with Crippen molar-refractivity contribution < 1.29 is 13.6 Å². The monoisotopic (exact) mass is 423 g/mol. The fraction of sp³-hybridized carbons (Fsp3) is 0.0435. The summed E-state index contributed by atoms with van der Waals surface area (Å²) in [6.45, 7) is -0.0918. The standard InChI is InChI=1S/C23H16ClF2N3O/c24-16-7-9-20-18(10-16)22(14-4-2-1-3-5-14)21(13-27-20)29-23(30)28-12-15-6-8-17(25)11-19(15)26/h1-11,13H,12H2,(H2,28,29,30). The smallest absolute Gasteiger partial charge is 0.319 e. The summed E-state index contributed by atoms with van der Waals surface area (Å²) in [4.78, 5) is 16.9. The average Bonchev–Trinajstić information content (AvgIpc) is 2.73. The molecule has 4 nitrogen and oxygen atoms in total. The minimum absolute atomic E-state index is 0.0918. The van der Waals surface area contributed by atoms with Crippen molar-refractivity contribution in [1.29, 1.82) is 0 Å². The summed E-state index contributed by atoms with van der Waals surface area (Å²) in [7, 11) is 0. The zero-order valence-corrected chi connectivity index (χ0v) is 16.4. The van der Waals surface area contributed by atoms with Crippen LogP contribution >= 0.6 is 11.6 Å². The molecule has 0 saturated heterocycles. The van der Waals surface area contributed by atoms with Gasteiger partial charge in [-0.2, -0.15) is 0 Å². The molecule has 4 aromatic rings. The fourth-order valence-electron chi connectivity index (χ4n) is 3.18. The third-order valence-corrected chi connectivity index (χ3v) is 4.83. The number of halogens is 3. The van der Waals surface area contributed by atoms with Gasteiger partial charge < -0.3 is 10.6 Å². The number of rotatable bonds is 4. The van der Waals surface area contributed by atoms with Gasteiger partial charge in [0.15, 0.2) is 0 Å². The summed E-state index contributed by atoms with van der Waals surface area (Å²) < 4.78 is 26.8. The van der Waals surface area contributed by atoms with E-state index in [1.54, 1.807) is 18.3 Å². The van der Waals surface area contributed by atoms with E-state index in [4.69, 9.17) is 11.6 Å². The van der Waals surface area contributed by atoms with E-state index in [0.717, 1.165) is 34.2 Å². The number of hydrogen-bond acceptors (Lipinski definition) is 2. The quantitative estimate of drug-likeness (QED) is 0.413. The number of urea groups is 1. The highest BCUT2D eigenvalue weighted by Gasteiger charge is 2.14. The molecule has 0 spiro atoms. The average molecular weight is 424 g/mol. The van der Waals surface area contributed by atoms with Crippen LogP contribution in [0.1, 0.15) is 5.56 Å². The molecule has 150 valence electrons. The van der Waals surface area contributed by atoms with Crippen LogP contribution in [0.25, 0.3) is 22.0 Å². The van der Waals surface area contributed by atoms with Crippen molar-refractivity contribution >= 4 is 34.2 Å². The van der Waals surface area contributed by atoms with E-state index < -0.39 is 17.7 Å². The fourth-order valence-corrected chi connectivity index (χ4v) is 3.35. The Morgan fingerprint density at radius 1 is 1.00 bits per heavy atom. The van der Waals surface area contributed by atoms with Crippen LogP contribution in [0.3, 0.4) is 0 Å². The summed E-state index contributed by atoms with van der Waals surface area (Å²) in [6, 6.07) is 17.6. The zero-order valence-electron chi connectivity index (χ0n) is 15.6. The van der Waals surface area contributed by atoms with E-state index in [1.807, 2.05) is 36.4 Å².